The molecule has 4 rings (SSSR count). The number of benzene rings is 2. The average Bonchev–Trinajstić information content (AvgIpc) is 2.97. The Kier molecular flexibility index (Phi) is 4.30. The number of fused-ring (bicyclic) bond motifs is 3. The van der Waals surface area contributed by atoms with Crippen LogP contribution in [0.15, 0.2) is 47.6 Å². The van der Waals surface area contributed by atoms with Crippen molar-refractivity contribution in [1.29, 1.82) is 0 Å². The highest BCUT2D eigenvalue weighted by molar-refractivity contribution is 7.99. The molecule has 0 aliphatic carbocycles. The predicted octanol–water partition coefficient (Wildman–Crippen LogP) is 3.85. The fourth-order valence-corrected chi connectivity index (χ4v) is 3.37. The first-order valence-electron chi connectivity index (χ1n) is 8.20. The van der Waals surface area contributed by atoms with Gasteiger partial charge in [0.15, 0.2) is 5.65 Å². The van der Waals surface area contributed by atoms with Crippen molar-refractivity contribution in [2.75, 3.05) is 11.1 Å². The molecule has 7 heteroatoms. The molecule has 2 N–H and O–H groups in total. The van der Waals surface area contributed by atoms with Crippen molar-refractivity contribution in [2.45, 2.75) is 19.0 Å². The van der Waals surface area contributed by atoms with E-state index in [9.17, 15) is 4.79 Å². The fourth-order valence-electron chi connectivity index (χ4n) is 2.78. The molecule has 0 saturated heterocycles. The Morgan fingerprint density at radius 3 is 2.81 bits per heavy atom. The van der Waals surface area contributed by atoms with Crippen molar-refractivity contribution in [3.8, 4) is 0 Å². The molecule has 0 spiro atoms. The number of carbonyl (C=O) groups excluding carboxylic acids is 1. The molecule has 0 fully saturated rings. The Hall–Kier alpha value is -2.93. The monoisotopic (exact) mass is 363 g/mol. The van der Waals surface area contributed by atoms with E-state index in [1.807, 2.05) is 50.2 Å². The molecule has 2 heterocycles. The zero-order valence-corrected chi connectivity index (χ0v) is 15.2. The summed E-state index contributed by atoms with van der Waals surface area (Å²) in [5, 5.41) is 12.8. The van der Waals surface area contributed by atoms with Crippen LogP contribution in [0.1, 0.15) is 11.1 Å². The van der Waals surface area contributed by atoms with Gasteiger partial charge in [0.05, 0.1) is 5.75 Å². The molecule has 0 bridgehead atoms. The highest BCUT2D eigenvalue weighted by Crippen LogP contribution is 2.24. The number of aromatic amines is 1. The summed E-state index contributed by atoms with van der Waals surface area (Å²) in [7, 11) is 0. The molecule has 130 valence electrons. The van der Waals surface area contributed by atoms with E-state index in [0.29, 0.717) is 10.8 Å². The van der Waals surface area contributed by atoms with Crippen molar-refractivity contribution in [3.05, 3.63) is 53.6 Å². The van der Waals surface area contributed by atoms with Crippen LogP contribution in [0.3, 0.4) is 0 Å². The Bertz CT molecular complexity index is 1120. The van der Waals surface area contributed by atoms with E-state index in [1.54, 1.807) is 0 Å². The van der Waals surface area contributed by atoms with Gasteiger partial charge >= 0.3 is 0 Å². The second-order valence-electron chi connectivity index (χ2n) is 6.17. The number of aryl methyl sites for hydroxylation is 2. The van der Waals surface area contributed by atoms with Gasteiger partial charge in [-0.25, -0.2) is 4.98 Å². The van der Waals surface area contributed by atoms with Crippen LogP contribution in [0.2, 0.25) is 0 Å². The van der Waals surface area contributed by atoms with E-state index < -0.39 is 0 Å². The van der Waals surface area contributed by atoms with Gasteiger partial charge in [-0.2, -0.15) is 0 Å². The molecule has 0 radical (unpaired) electrons. The van der Waals surface area contributed by atoms with Gasteiger partial charge in [0.25, 0.3) is 0 Å². The third-order valence-electron chi connectivity index (χ3n) is 3.98. The number of rotatable bonds is 4. The Labute approximate surface area is 154 Å². The molecule has 0 atom stereocenters. The standard InChI is InChI=1S/C19H17N5OS/c1-11-4-3-5-13(8-11)20-16(25)10-26-19-22-18-17(23-24-19)14-9-12(2)6-7-15(14)21-18/h3-9H,10H2,1-2H3,(H,20,25)(H,21,22,24). The second kappa shape index (κ2) is 6.76. The number of H-pyrrole nitrogens is 1. The van der Waals surface area contributed by atoms with Crippen LogP contribution in [0.5, 0.6) is 0 Å². The number of aromatic nitrogens is 4. The molecule has 0 unspecified atom stereocenters. The number of hydrogen-bond acceptors (Lipinski definition) is 5. The van der Waals surface area contributed by atoms with E-state index in [4.69, 9.17) is 0 Å². The minimum atomic E-state index is -0.100. The van der Waals surface area contributed by atoms with Gasteiger partial charge in [-0.1, -0.05) is 35.5 Å². The van der Waals surface area contributed by atoms with Crippen molar-refractivity contribution in [3.63, 3.8) is 0 Å². The third kappa shape index (κ3) is 3.39. The van der Waals surface area contributed by atoms with Crippen LogP contribution in [0.25, 0.3) is 22.1 Å². The molecule has 2 aromatic carbocycles. The predicted molar refractivity (Wildman–Crippen MR) is 104 cm³/mol. The number of thioether (sulfide) groups is 1. The molecule has 6 nitrogen and oxygen atoms in total. The van der Waals surface area contributed by atoms with Gasteiger partial charge in [-0.15, -0.1) is 10.2 Å². The minimum absolute atomic E-state index is 0.100. The lowest BCUT2D eigenvalue weighted by Gasteiger charge is -2.05. The topological polar surface area (TPSA) is 83.6 Å². The lowest BCUT2D eigenvalue weighted by Crippen LogP contribution is -2.14. The molecule has 2 aromatic heterocycles. The van der Waals surface area contributed by atoms with E-state index in [1.165, 1.54) is 11.8 Å². The Morgan fingerprint density at radius 1 is 1.12 bits per heavy atom. The smallest absolute Gasteiger partial charge is 0.234 e. The van der Waals surface area contributed by atoms with Gasteiger partial charge in [0, 0.05) is 16.6 Å². The lowest BCUT2D eigenvalue weighted by molar-refractivity contribution is -0.113. The summed E-state index contributed by atoms with van der Waals surface area (Å²) in [6.07, 6.45) is 0. The third-order valence-corrected chi connectivity index (χ3v) is 4.82. The Morgan fingerprint density at radius 2 is 1.96 bits per heavy atom. The van der Waals surface area contributed by atoms with E-state index in [2.05, 4.69) is 31.5 Å². The Balaban J connectivity index is 1.48. The quantitative estimate of drug-likeness (QED) is 0.538. The molecular formula is C19H17N5OS. The summed E-state index contributed by atoms with van der Waals surface area (Å²) in [5.74, 6) is 0.122. The van der Waals surface area contributed by atoms with Crippen LogP contribution in [-0.4, -0.2) is 31.8 Å². The zero-order valence-electron chi connectivity index (χ0n) is 14.4. The molecule has 0 saturated carbocycles. The normalized spacial score (nSPS) is 11.2. The first kappa shape index (κ1) is 16.5. The number of amides is 1. The van der Waals surface area contributed by atoms with Crippen LogP contribution < -0.4 is 5.32 Å². The lowest BCUT2D eigenvalue weighted by atomic mass is 10.2. The van der Waals surface area contributed by atoms with E-state index in [0.717, 1.165) is 33.2 Å². The van der Waals surface area contributed by atoms with Crippen LogP contribution in [0, 0.1) is 13.8 Å². The van der Waals surface area contributed by atoms with Gasteiger partial charge in [-0.05, 0) is 43.7 Å². The van der Waals surface area contributed by atoms with Gasteiger partial charge in [0.2, 0.25) is 11.1 Å². The maximum Gasteiger partial charge on any atom is 0.234 e. The highest BCUT2D eigenvalue weighted by atomic mass is 32.2. The van der Waals surface area contributed by atoms with Crippen molar-refractivity contribution in [2.24, 2.45) is 0 Å². The molecule has 0 aliphatic rings. The average molecular weight is 363 g/mol. The van der Waals surface area contributed by atoms with Crippen molar-refractivity contribution in [1.82, 2.24) is 20.2 Å². The van der Waals surface area contributed by atoms with Gasteiger partial charge in [-0.3, -0.25) is 4.79 Å². The maximum absolute atomic E-state index is 12.1. The summed E-state index contributed by atoms with van der Waals surface area (Å²) >= 11 is 1.26. The molecule has 26 heavy (non-hydrogen) atoms. The van der Waals surface area contributed by atoms with Crippen LogP contribution in [-0.2, 0) is 4.79 Å². The number of nitrogens with one attached hydrogen (secondary N) is 2. The molecular weight excluding hydrogens is 346 g/mol. The number of hydrogen-bond donors (Lipinski definition) is 2. The first-order chi connectivity index (χ1) is 12.6. The number of anilines is 1. The largest absolute Gasteiger partial charge is 0.338 e. The highest BCUT2D eigenvalue weighted by Gasteiger charge is 2.11. The summed E-state index contributed by atoms with van der Waals surface area (Å²) in [6, 6.07) is 13.8. The summed E-state index contributed by atoms with van der Waals surface area (Å²) in [6.45, 7) is 4.02. The second-order valence-corrected chi connectivity index (χ2v) is 7.11. The SMILES string of the molecule is Cc1cccc(NC(=O)CSc2nnc3c(n2)[nH]c2ccc(C)cc23)c1. The molecule has 0 aliphatic heterocycles. The molecule has 4 aromatic rings. The van der Waals surface area contributed by atoms with Gasteiger partial charge < -0.3 is 10.3 Å². The van der Waals surface area contributed by atoms with Crippen LogP contribution in [0.4, 0.5) is 5.69 Å². The fraction of sp³-hybridized carbons (Fsp3) is 0.158. The minimum Gasteiger partial charge on any atom is -0.338 e. The van der Waals surface area contributed by atoms with E-state index in [-0.39, 0.29) is 11.7 Å². The van der Waals surface area contributed by atoms with Crippen LogP contribution >= 0.6 is 11.8 Å². The molecule has 1 amide bonds. The van der Waals surface area contributed by atoms with Gasteiger partial charge in [0.1, 0.15) is 5.52 Å². The van der Waals surface area contributed by atoms with E-state index >= 15 is 0 Å². The number of carbonyl (C=O) groups is 1. The van der Waals surface area contributed by atoms with Crippen molar-refractivity contribution < 1.29 is 4.79 Å². The summed E-state index contributed by atoms with van der Waals surface area (Å²) in [5.41, 5.74) is 5.45. The number of nitrogens with zero attached hydrogens (tertiary/aromatic N) is 3. The van der Waals surface area contributed by atoms with Crippen molar-refractivity contribution >= 4 is 45.4 Å². The maximum atomic E-state index is 12.1. The summed E-state index contributed by atoms with van der Waals surface area (Å²) < 4.78 is 0. The summed E-state index contributed by atoms with van der Waals surface area (Å²) in [4.78, 5) is 19.9. The zero-order chi connectivity index (χ0) is 18.1. The first-order valence-corrected chi connectivity index (χ1v) is 9.19.